The molecule has 0 aromatic heterocycles. The van der Waals surface area contributed by atoms with Crippen LogP contribution in [0.1, 0.15) is 20.8 Å². The lowest BCUT2D eigenvalue weighted by atomic mass is 10.3. The lowest BCUT2D eigenvalue weighted by Crippen LogP contribution is -2.53. The maximum atomic E-state index is 9.12. The molecule has 0 amide bonds. The molecule has 0 rings (SSSR count). The quantitative estimate of drug-likeness (QED) is 0.458. The van der Waals surface area contributed by atoms with E-state index in [1.165, 1.54) is 0 Å². The summed E-state index contributed by atoms with van der Waals surface area (Å²) in [6, 6.07) is 0. The van der Waals surface area contributed by atoms with Gasteiger partial charge in [-0.2, -0.15) is 0 Å². The van der Waals surface area contributed by atoms with Gasteiger partial charge >= 0.3 is 0 Å². The van der Waals surface area contributed by atoms with E-state index in [0.717, 1.165) is 0 Å². The number of aliphatic hydroxyl groups excluding tert-OH is 1. The van der Waals surface area contributed by atoms with Crippen LogP contribution in [0, 0.1) is 0 Å². The second kappa shape index (κ2) is 3.88. The van der Waals surface area contributed by atoms with Crippen LogP contribution in [-0.2, 0) is 0 Å². The van der Waals surface area contributed by atoms with Gasteiger partial charge in [0.1, 0.15) is 6.23 Å². The minimum Gasteiger partial charge on any atom is -0.379 e. The largest absolute Gasteiger partial charge is 0.379 e. The Labute approximate surface area is 61.8 Å². The molecule has 5 N–H and O–H groups in total. The highest BCUT2D eigenvalue weighted by atomic mass is 16.3. The Morgan fingerprint density at radius 3 is 1.40 bits per heavy atom. The standard InChI is InChI=1S/C6H17N3O/c1-4(7)9(5(2)8)6(3)10/h4-6,10H,7-8H2,1-3H3. The van der Waals surface area contributed by atoms with Gasteiger partial charge in [0, 0.05) is 0 Å². The van der Waals surface area contributed by atoms with E-state index >= 15 is 0 Å². The van der Waals surface area contributed by atoms with Crippen molar-refractivity contribution in [1.82, 2.24) is 4.90 Å². The van der Waals surface area contributed by atoms with Gasteiger partial charge in [0.25, 0.3) is 0 Å². The van der Waals surface area contributed by atoms with Gasteiger partial charge in [0.15, 0.2) is 0 Å². The Bertz CT molecular complexity index is 74.0. The predicted octanol–water partition coefficient (Wildman–Crippen LogP) is -0.764. The molecule has 0 aliphatic rings. The number of rotatable bonds is 3. The average Bonchev–Trinajstić information content (AvgIpc) is 1.59. The zero-order valence-corrected chi connectivity index (χ0v) is 6.78. The van der Waals surface area contributed by atoms with Gasteiger partial charge in [0.2, 0.25) is 0 Å². The molecule has 0 saturated heterocycles. The Kier molecular flexibility index (Phi) is 3.81. The fourth-order valence-electron chi connectivity index (χ4n) is 1.05. The monoisotopic (exact) mass is 147 g/mol. The lowest BCUT2D eigenvalue weighted by molar-refractivity contribution is -0.0298. The first-order valence-electron chi connectivity index (χ1n) is 3.43. The molecule has 0 radical (unpaired) electrons. The van der Waals surface area contributed by atoms with E-state index in [4.69, 9.17) is 16.6 Å². The highest BCUT2D eigenvalue weighted by Gasteiger charge is 2.17. The Balaban J connectivity index is 3.98. The van der Waals surface area contributed by atoms with Crippen molar-refractivity contribution in [3.05, 3.63) is 0 Å². The maximum absolute atomic E-state index is 9.12. The van der Waals surface area contributed by atoms with E-state index in [-0.39, 0.29) is 12.3 Å². The topological polar surface area (TPSA) is 75.5 Å². The van der Waals surface area contributed by atoms with Crippen molar-refractivity contribution < 1.29 is 5.11 Å². The third-order valence-electron chi connectivity index (χ3n) is 1.37. The van der Waals surface area contributed by atoms with Gasteiger partial charge in [-0.3, -0.25) is 0 Å². The van der Waals surface area contributed by atoms with E-state index in [9.17, 15) is 0 Å². The molecule has 0 heterocycles. The molecule has 0 bridgehead atoms. The number of hydrogen-bond acceptors (Lipinski definition) is 4. The van der Waals surface area contributed by atoms with Gasteiger partial charge in [0.05, 0.1) is 12.3 Å². The summed E-state index contributed by atoms with van der Waals surface area (Å²) in [4.78, 5) is 1.61. The smallest absolute Gasteiger partial charge is 0.106 e. The van der Waals surface area contributed by atoms with Crippen LogP contribution in [0.3, 0.4) is 0 Å². The van der Waals surface area contributed by atoms with Crippen LogP contribution in [0.5, 0.6) is 0 Å². The number of aliphatic hydroxyl groups is 1. The second-order valence-corrected chi connectivity index (χ2v) is 2.56. The summed E-state index contributed by atoms with van der Waals surface area (Å²) < 4.78 is 0. The summed E-state index contributed by atoms with van der Waals surface area (Å²) in [5.74, 6) is 0. The van der Waals surface area contributed by atoms with E-state index in [1.54, 1.807) is 25.7 Å². The summed E-state index contributed by atoms with van der Waals surface area (Å²) in [7, 11) is 0. The zero-order chi connectivity index (χ0) is 8.31. The number of nitrogens with two attached hydrogens (primary N) is 2. The maximum Gasteiger partial charge on any atom is 0.106 e. The normalized spacial score (nSPS) is 20.7. The lowest BCUT2D eigenvalue weighted by Gasteiger charge is -2.32. The van der Waals surface area contributed by atoms with Crippen LogP contribution in [0.2, 0.25) is 0 Å². The Hall–Kier alpha value is -0.160. The van der Waals surface area contributed by atoms with Crippen LogP contribution in [-0.4, -0.2) is 28.6 Å². The minimum absolute atomic E-state index is 0.208. The number of nitrogens with zero attached hydrogens (tertiary/aromatic N) is 1. The molecule has 0 aliphatic carbocycles. The summed E-state index contributed by atoms with van der Waals surface area (Å²) in [6.45, 7) is 5.22. The molecule has 62 valence electrons. The minimum atomic E-state index is -0.583. The van der Waals surface area contributed by atoms with Crippen LogP contribution in [0.25, 0.3) is 0 Å². The van der Waals surface area contributed by atoms with E-state index in [1.807, 2.05) is 0 Å². The van der Waals surface area contributed by atoms with Crippen molar-refractivity contribution >= 4 is 0 Å². The summed E-state index contributed by atoms with van der Waals surface area (Å²) >= 11 is 0. The second-order valence-electron chi connectivity index (χ2n) is 2.56. The molecule has 0 aromatic rings. The molecule has 3 unspecified atom stereocenters. The third kappa shape index (κ3) is 2.62. The first-order valence-corrected chi connectivity index (χ1v) is 3.43. The molecule has 4 heteroatoms. The summed E-state index contributed by atoms with van der Waals surface area (Å²) in [5.41, 5.74) is 11.0. The van der Waals surface area contributed by atoms with Gasteiger partial charge in [-0.25, -0.2) is 4.90 Å². The fraction of sp³-hybridized carbons (Fsp3) is 1.00. The van der Waals surface area contributed by atoms with E-state index < -0.39 is 6.23 Å². The number of hydrogen-bond donors (Lipinski definition) is 3. The van der Waals surface area contributed by atoms with Crippen molar-refractivity contribution in [2.24, 2.45) is 11.5 Å². The van der Waals surface area contributed by atoms with Crippen LogP contribution >= 0.6 is 0 Å². The predicted molar refractivity (Wildman–Crippen MR) is 40.8 cm³/mol. The van der Waals surface area contributed by atoms with Gasteiger partial charge in [-0.15, -0.1) is 0 Å². The van der Waals surface area contributed by atoms with E-state index in [0.29, 0.717) is 0 Å². The van der Waals surface area contributed by atoms with Crippen molar-refractivity contribution in [3.8, 4) is 0 Å². The average molecular weight is 147 g/mol. The van der Waals surface area contributed by atoms with E-state index in [2.05, 4.69) is 0 Å². The molecule has 3 atom stereocenters. The highest BCUT2D eigenvalue weighted by Crippen LogP contribution is 2.00. The SMILES string of the molecule is CC(N)N(C(C)N)C(C)O. The molecule has 0 aromatic carbocycles. The molecule has 0 aliphatic heterocycles. The van der Waals surface area contributed by atoms with Crippen molar-refractivity contribution in [2.45, 2.75) is 39.3 Å². The van der Waals surface area contributed by atoms with Crippen LogP contribution in [0.4, 0.5) is 0 Å². The van der Waals surface area contributed by atoms with Gasteiger partial charge in [-0.1, -0.05) is 0 Å². The van der Waals surface area contributed by atoms with Crippen molar-refractivity contribution in [1.29, 1.82) is 0 Å². The first kappa shape index (κ1) is 9.84. The molecule has 10 heavy (non-hydrogen) atoms. The molecule has 0 saturated carbocycles. The molecule has 0 fully saturated rings. The highest BCUT2D eigenvalue weighted by molar-refractivity contribution is 4.65. The molecule has 0 spiro atoms. The fourth-order valence-corrected chi connectivity index (χ4v) is 1.05. The first-order chi connectivity index (χ1) is 4.46. The summed E-state index contributed by atoms with van der Waals surface area (Å²) in [5, 5.41) is 9.12. The van der Waals surface area contributed by atoms with Crippen LogP contribution < -0.4 is 11.5 Å². The van der Waals surface area contributed by atoms with Crippen molar-refractivity contribution in [2.75, 3.05) is 0 Å². The molecule has 4 nitrogen and oxygen atoms in total. The molecular formula is C6H17N3O. The van der Waals surface area contributed by atoms with Gasteiger partial charge in [-0.05, 0) is 20.8 Å². The summed E-state index contributed by atoms with van der Waals surface area (Å²) in [6.07, 6.45) is -1.00. The Morgan fingerprint density at radius 1 is 1.10 bits per heavy atom. The molecular weight excluding hydrogens is 130 g/mol. The van der Waals surface area contributed by atoms with Gasteiger partial charge < -0.3 is 16.6 Å². The van der Waals surface area contributed by atoms with Crippen molar-refractivity contribution in [3.63, 3.8) is 0 Å². The Morgan fingerprint density at radius 2 is 1.40 bits per heavy atom. The third-order valence-corrected chi connectivity index (χ3v) is 1.37. The van der Waals surface area contributed by atoms with Crippen LogP contribution in [0.15, 0.2) is 0 Å². The zero-order valence-electron chi connectivity index (χ0n) is 6.78.